The van der Waals surface area contributed by atoms with E-state index in [-0.39, 0.29) is 11.2 Å². The van der Waals surface area contributed by atoms with Crippen molar-refractivity contribution < 1.29 is 9.18 Å². The van der Waals surface area contributed by atoms with Gasteiger partial charge in [0.25, 0.3) is 0 Å². The number of rotatable bonds is 6. The molecule has 3 nitrogen and oxygen atoms in total. The average Bonchev–Trinajstić information content (AvgIpc) is 2.30. The number of hydrogen-bond acceptors (Lipinski definition) is 2. The molecule has 0 aromatic heterocycles. The molecule has 1 aromatic carbocycles. The summed E-state index contributed by atoms with van der Waals surface area (Å²) in [5, 5.41) is 3.24. The first-order chi connectivity index (χ1) is 8.74. The highest BCUT2D eigenvalue weighted by Gasteiger charge is 2.21. The molecular weight excluding hydrogens is 243 g/mol. The van der Waals surface area contributed by atoms with Gasteiger partial charge in [-0.3, -0.25) is 4.79 Å². The maximum Gasteiger partial charge on any atom is 0.248 e. The van der Waals surface area contributed by atoms with Crippen LogP contribution in [0.4, 0.5) is 4.39 Å². The van der Waals surface area contributed by atoms with Gasteiger partial charge in [0, 0.05) is 24.2 Å². The van der Waals surface area contributed by atoms with E-state index in [0.29, 0.717) is 23.6 Å². The van der Waals surface area contributed by atoms with Crippen LogP contribution in [0.25, 0.3) is 0 Å². The molecule has 0 aliphatic carbocycles. The summed E-state index contributed by atoms with van der Waals surface area (Å²) in [5.74, 6) is -0.328. The Morgan fingerprint density at radius 2 is 2.05 bits per heavy atom. The minimum atomic E-state index is -0.538. The highest BCUT2D eigenvalue weighted by molar-refractivity contribution is 5.92. The Bertz CT molecular complexity index is 455. The third-order valence-corrected chi connectivity index (χ3v) is 3.79. The van der Waals surface area contributed by atoms with Crippen molar-refractivity contribution in [3.8, 4) is 0 Å². The third-order valence-electron chi connectivity index (χ3n) is 3.79. The zero-order valence-corrected chi connectivity index (χ0v) is 12.1. The van der Waals surface area contributed by atoms with E-state index in [1.807, 2.05) is 0 Å². The quantitative estimate of drug-likeness (QED) is 0.831. The second-order valence-electron chi connectivity index (χ2n) is 5.92. The third kappa shape index (κ3) is 4.31. The molecule has 4 heteroatoms. The molecule has 106 valence electrons. The van der Waals surface area contributed by atoms with Gasteiger partial charge in [-0.05, 0) is 29.5 Å². The molecular formula is C15H23FN2O. The van der Waals surface area contributed by atoms with Crippen LogP contribution >= 0.6 is 0 Å². The van der Waals surface area contributed by atoms with Gasteiger partial charge in [-0.25, -0.2) is 4.39 Å². The fourth-order valence-corrected chi connectivity index (χ4v) is 1.59. The Morgan fingerprint density at radius 1 is 1.42 bits per heavy atom. The molecule has 0 radical (unpaired) electrons. The number of halogens is 1. The highest BCUT2D eigenvalue weighted by atomic mass is 19.1. The van der Waals surface area contributed by atoms with Crippen LogP contribution in [0.2, 0.25) is 0 Å². The van der Waals surface area contributed by atoms with Crippen LogP contribution < -0.4 is 11.1 Å². The van der Waals surface area contributed by atoms with E-state index in [4.69, 9.17) is 5.73 Å². The molecule has 0 spiro atoms. The van der Waals surface area contributed by atoms with Crippen molar-refractivity contribution in [2.45, 2.75) is 34.2 Å². The normalized spacial score (nSPS) is 11.9. The Kier molecular flexibility index (Phi) is 5.06. The standard InChI is InChI=1S/C15H23FN2O/c1-10(2)15(3,4)9-18-8-12-7-11(14(17)19)5-6-13(12)16/h5-7,10,18H,8-9H2,1-4H3,(H2,17,19). The first-order valence-electron chi connectivity index (χ1n) is 6.53. The van der Waals surface area contributed by atoms with Gasteiger partial charge in [0.1, 0.15) is 5.82 Å². The van der Waals surface area contributed by atoms with Crippen LogP contribution in [0.3, 0.4) is 0 Å². The average molecular weight is 266 g/mol. The van der Waals surface area contributed by atoms with E-state index in [1.165, 1.54) is 18.2 Å². The van der Waals surface area contributed by atoms with Crippen molar-refractivity contribution in [3.05, 3.63) is 35.1 Å². The summed E-state index contributed by atoms with van der Waals surface area (Å²) >= 11 is 0. The summed E-state index contributed by atoms with van der Waals surface area (Å²) < 4.78 is 13.6. The topological polar surface area (TPSA) is 55.1 Å². The van der Waals surface area contributed by atoms with Crippen LogP contribution in [0.15, 0.2) is 18.2 Å². The minimum absolute atomic E-state index is 0.137. The van der Waals surface area contributed by atoms with Gasteiger partial charge < -0.3 is 11.1 Å². The lowest BCUT2D eigenvalue weighted by Crippen LogP contribution is -2.33. The van der Waals surface area contributed by atoms with Crippen molar-refractivity contribution in [2.75, 3.05) is 6.54 Å². The Labute approximate surface area is 114 Å². The van der Waals surface area contributed by atoms with Crippen LogP contribution in [-0.2, 0) is 6.54 Å². The van der Waals surface area contributed by atoms with E-state index < -0.39 is 5.91 Å². The lowest BCUT2D eigenvalue weighted by Gasteiger charge is -2.29. The molecule has 1 rings (SSSR count). The fourth-order valence-electron chi connectivity index (χ4n) is 1.59. The number of primary amides is 1. The Balaban J connectivity index is 2.68. The summed E-state index contributed by atoms with van der Waals surface area (Å²) in [6.07, 6.45) is 0. The van der Waals surface area contributed by atoms with Crippen LogP contribution in [0, 0.1) is 17.2 Å². The predicted octanol–water partition coefficient (Wildman–Crippen LogP) is 2.70. The van der Waals surface area contributed by atoms with E-state index in [1.54, 1.807) is 0 Å². The fraction of sp³-hybridized carbons (Fsp3) is 0.533. The molecule has 1 aromatic rings. The van der Waals surface area contributed by atoms with Crippen molar-refractivity contribution in [2.24, 2.45) is 17.1 Å². The van der Waals surface area contributed by atoms with Crippen molar-refractivity contribution >= 4 is 5.91 Å². The molecule has 0 fully saturated rings. The van der Waals surface area contributed by atoms with Gasteiger partial charge in [-0.1, -0.05) is 27.7 Å². The number of carbonyl (C=O) groups is 1. The van der Waals surface area contributed by atoms with Crippen molar-refractivity contribution in [1.29, 1.82) is 0 Å². The van der Waals surface area contributed by atoms with Crippen LogP contribution in [-0.4, -0.2) is 12.5 Å². The van der Waals surface area contributed by atoms with Crippen molar-refractivity contribution in [3.63, 3.8) is 0 Å². The van der Waals surface area contributed by atoms with E-state index in [0.717, 1.165) is 6.54 Å². The molecule has 0 saturated heterocycles. The highest BCUT2D eigenvalue weighted by Crippen LogP contribution is 2.24. The second-order valence-corrected chi connectivity index (χ2v) is 5.92. The predicted molar refractivity (Wildman–Crippen MR) is 75.2 cm³/mol. The van der Waals surface area contributed by atoms with Crippen LogP contribution in [0.5, 0.6) is 0 Å². The maximum atomic E-state index is 13.6. The summed E-state index contributed by atoms with van der Waals surface area (Å²) in [7, 11) is 0. The van der Waals surface area contributed by atoms with Gasteiger partial charge in [0.2, 0.25) is 5.91 Å². The van der Waals surface area contributed by atoms with Gasteiger partial charge in [0.05, 0.1) is 0 Å². The van der Waals surface area contributed by atoms with E-state index >= 15 is 0 Å². The minimum Gasteiger partial charge on any atom is -0.366 e. The number of amides is 1. The summed E-state index contributed by atoms with van der Waals surface area (Å²) in [6, 6.07) is 4.19. The first kappa shape index (κ1) is 15.6. The Morgan fingerprint density at radius 3 is 2.58 bits per heavy atom. The molecule has 0 aliphatic rings. The summed E-state index contributed by atoms with van der Waals surface area (Å²) in [4.78, 5) is 11.1. The van der Waals surface area contributed by atoms with Crippen LogP contribution in [0.1, 0.15) is 43.6 Å². The molecule has 0 heterocycles. The van der Waals surface area contributed by atoms with Gasteiger partial charge in [-0.15, -0.1) is 0 Å². The number of nitrogens with one attached hydrogen (secondary N) is 1. The summed E-state index contributed by atoms with van der Waals surface area (Å²) in [6.45, 7) is 9.83. The van der Waals surface area contributed by atoms with Crippen molar-refractivity contribution in [1.82, 2.24) is 5.32 Å². The molecule has 3 N–H and O–H groups in total. The zero-order valence-electron chi connectivity index (χ0n) is 12.1. The number of hydrogen-bond donors (Lipinski definition) is 2. The molecule has 1 amide bonds. The molecule has 0 bridgehead atoms. The van der Waals surface area contributed by atoms with Gasteiger partial charge in [0.15, 0.2) is 0 Å². The smallest absolute Gasteiger partial charge is 0.248 e. The molecule has 0 aliphatic heterocycles. The lowest BCUT2D eigenvalue weighted by atomic mass is 9.81. The molecule has 0 unspecified atom stereocenters. The van der Waals surface area contributed by atoms with E-state index in [9.17, 15) is 9.18 Å². The molecule has 0 saturated carbocycles. The van der Waals surface area contributed by atoms with Gasteiger partial charge >= 0.3 is 0 Å². The summed E-state index contributed by atoms with van der Waals surface area (Å²) in [5.41, 5.74) is 6.13. The zero-order chi connectivity index (χ0) is 14.6. The largest absolute Gasteiger partial charge is 0.366 e. The monoisotopic (exact) mass is 266 g/mol. The molecule has 0 atom stereocenters. The van der Waals surface area contributed by atoms with Gasteiger partial charge in [-0.2, -0.15) is 0 Å². The number of carbonyl (C=O) groups excluding carboxylic acids is 1. The molecule has 19 heavy (non-hydrogen) atoms. The second kappa shape index (κ2) is 6.15. The first-order valence-corrected chi connectivity index (χ1v) is 6.53. The Hall–Kier alpha value is -1.42. The maximum absolute atomic E-state index is 13.6. The van der Waals surface area contributed by atoms with E-state index in [2.05, 4.69) is 33.0 Å². The number of benzene rings is 1. The lowest BCUT2D eigenvalue weighted by molar-refractivity contribution is 0.1000. The SMILES string of the molecule is CC(C)C(C)(C)CNCc1cc(C(N)=O)ccc1F. The number of nitrogens with two attached hydrogens (primary N) is 1.